The molecule has 0 atom stereocenters. The molecule has 0 radical (unpaired) electrons. The third-order valence-corrected chi connectivity index (χ3v) is 12.7. The van der Waals surface area contributed by atoms with Gasteiger partial charge >= 0.3 is 0 Å². The van der Waals surface area contributed by atoms with Crippen LogP contribution in [0.2, 0.25) is 0 Å². The molecule has 0 saturated heterocycles. The summed E-state index contributed by atoms with van der Waals surface area (Å²) in [6.45, 7) is 20.3. The Hall–Kier alpha value is -6.42. The summed E-state index contributed by atoms with van der Waals surface area (Å²) in [4.78, 5) is 9.43. The Labute approximate surface area is 398 Å². The molecule has 5 nitrogen and oxygen atoms in total. The maximum absolute atomic E-state index is 6.71. The van der Waals surface area contributed by atoms with Crippen LogP contribution in [0.15, 0.2) is 170 Å². The molecule has 0 spiro atoms. The zero-order valence-electron chi connectivity index (χ0n) is 38.3. The molecule has 0 saturated carbocycles. The van der Waals surface area contributed by atoms with E-state index in [0.717, 1.165) is 50.4 Å². The first-order chi connectivity index (χ1) is 30.7. The normalized spacial score (nSPS) is 13.0. The smallest absolute Gasteiger partial charge is 0.135 e. The van der Waals surface area contributed by atoms with Gasteiger partial charge in [-0.05, 0) is 92.1 Å². The summed E-state index contributed by atoms with van der Waals surface area (Å²) in [6, 6.07) is 65.5. The van der Waals surface area contributed by atoms with E-state index in [1.807, 2.05) is 24.4 Å². The molecule has 0 fully saturated rings. The first kappa shape index (κ1) is 43.8. The number of para-hydroxylation sites is 2. The molecule has 65 heavy (non-hydrogen) atoms. The van der Waals surface area contributed by atoms with Gasteiger partial charge in [-0.3, -0.25) is 0 Å². The summed E-state index contributed by atoms with van der Waals surface area (Å²) in [5.41, 5.74) is 13.2. The summed E-state index contributed by atoms with van der Waals surface area (Å²) < 4.78 is 8.94. The van der Waals surface area contributed by atoms with E-state index >= 15 is 0 Å². The van der Waals surface area contributed by atoms with Gasteiger partial charge < -0.3 is 19.1 Å². The van der Waals surface area contributed by atoms with E-state index in [1.165, 1.54) is 33.4 Å². The minimum atomic E-state index is -0.201. The Morgan fingerprint density at radius 1 is 0.508 bits per heavy atom. The number of pyridine rings is 1. The number of fused-ring (bicyclic) bond motifs is 4. The largest absolute Gasteiger partial charge is 0.509 e. The summed E-state index contributed by atoms with van der Waals surface area (Å²) >= 11 is 0. The van der Waals surface area contributed by atoms with E-state index in [2.05, 4.69) is 234 Å². The van der Waals surface area contributed by atoms with Gasteiger partial charge in [-0.15, -0.1) is 48.1 Å². The second-order valence-electron chi connectivity index (χ2n) is 19.5. The molecule has 328 valence electrons. The molecule has 1 aliphatic heterocycles. The van der Waals surface area contributed by atoms with Crippen LogP contribution in [0.4, 0.5) is 22.7 Å². The standard InChI is InChI=1S/C59H53N4O.Pt/c1-57(2,3)43-30-31-60-56(36-43)63-52-29-26-44(59(7,8)42-20-13-10-14-21-42)35-51(52)50-28-27-49(38-55(50)63)64-48-23-17-22-46(37-48)61-39-62(54-25-16-15-24-53(54)61)47-33-41(40-18-11-9-12-19-40)32-45(34-47)58(4,5)6;/h9-36,39H,1-8H3;/q-3;. The predicted octanol–water partition coefficient (Wildman–Crippen LogP) is 15.6. The van der Waals surface area contributed by atoms with Gasteiger partial charge in [0, 0.05) is 66.8 Å². The fourth-order valence-electron chi connectivity index (χ4n) is 8.88. The molecule has 0 N–H and O–H groups in total. The molecule has 2 aromatic heterocycles. The van der Waals surface area contributed by atoms with Gasteiger partial charge in [0.15, 0.2) is 0 Å². The topological polar surface area (TPSA) is 33.5 Å². The Kier molecular flexibility index (Phi) is 11.4. The SMILES string of the molecule is CC(C)(C)c1cc(-c2ccccc2)cc(N2[CH-]N(c3[c-]c(Oc4[c-]c5c(cc4)c4cc(C(C)(C)c6ccccc6)ccc4n5-c4cc(C(C)(C)C)ccn4)ccc3)c3ccccc32)c1.[Pt]. The van der Waals surface area contributed by atoms with Crippen LogP contribution in [0.1, 0.15) is 77.6 Å². The van der Waals surface area contributed by atoms with Crippen LogP contribution in [0.3, 0.4) is 0 Å². The van der Waals surface area contributed by atoms with Gasteiger partial charge in [-0.1, -0.05) is 152 Å². The number of benzene rings is 7. The molecule has 0 amide bonds. The van der Waals surface area contributed by atoms with Gasteiger partial charge in [0.1, 0.15) is 5.82 Å². The van der Waals surface area contributed by atoms with E-state index in [9.17, 15) is 0 Å². The second kappa shape index (κ2) is 16.9. The van der Waals surface area contributed by atoms with Crippen LogP contribution in [0, 0.1) is 18.8 Å². The first-order valence-electron chi connectivity index (χ1n) is 22.2. The molecule has 0 aliphatic carbocycles. The van der Waals surface area contributed by atoms with Crippen LogP contribution in [0.5, 0.6) is 11.5 Å². The van der Waals surface area contributed by atoms with Crippen LogP contribution in [0.25, 0.3) is 38.8 Å². The van der Waals surface area contributed by atoms with E-state index in [4.69, 9.17) is 9.72 Å². The number of hydrogen-bond donors (Lipinski definition) is 0. The maximum atomic E-state index is 6.71. The van der Waals surface area contributed by atoms with Crippen molar-refractivity contribution in [3.05, 3.63) is 211 Å². The average molecular weight is 1030 g/mol. The molecule has 0 unspecified atom stereocenters. The van der Waals surface area contributed by atoms with Crippen LogP contribution >= 0.6 is 0 Å². The van der Waals surface area contributed by atoms with Crippen molar-refractivity contribution in [3.63, 3.8) is 0 Å². The summed E-state index contributed by atoms with van der Waals surface area (Å²) in [5.74, 6) is 2.05. The summed E-state index contributed by atoms with van der Waals surface area (Å²) in [6.07, 6.45) is 1.92. The van der Waals surface area contributed by atoms with E-state index < -0.39 is 0 Å². The number of nitrogens with zero attached hydrogens (tertiary/aromatic N) is 4. The monoisotopic (exact) mass is 1030 g/mol. The van der Waals surface area contributed by atoms with Gasteiger partial charge in [-0.25, -0.2) is 4.98 Å². The summed E-state index contributed by atoms with van der Waals surface area (Å²) in [7, 11) is 0. The molecule has 9 aromatic rings. The third-order valence-electron chi connectivity index (χ3n) is 12.7. The van der Waals surface area contributed by atoms with Crippen molar-refractivity contribution < 1.29 is 25.8 Å². The number of rotatable bonds is 8. The fourth-order valence-corrected chi connectivity index (χ4v) is 8.88. The zero-order chi connectivity index (χ0) is 44.4. The van der Waals surface area contributed by atoms with Crippen LogP contribution < -0.4 is 14.5 Å². The molecule has 6 heteroatoms. The Morgan fingerprint density at radius 2 is 1.18 bits per heavy atom. The van der Waals surface area contributed by atoms with Crippen molar-refractivity contribution in [1.29, 1.82) is 0 Å². The molecule has 7 aromatic carbocycles. The van der Waals surface area contributed by atoms with Gasteiger partial charge in [0.25, 0.3) is 0 Å². The number of anilines is 4. The first-order valence-corrected chi connectivity index (χ1v) is 22.2. The molecule has 3 heterocycles. The predicted molar refractivity (Wildman–Crippen MR) is 266 cm³/mol. The summed E-state index contributed by atoms with van der Waals surface area (Å²) in [5, 5.41) is 2.23. The van der Waals surface area contributed by atoms with Crippen LogP contribution in [-0.2, 0) is 37.3 Å². The second-order valence-corrected chi connectivity index (χ2v) is 19.5. The van der Waals surface area contributed by atoms with Crippen molar-refractivity contribution in [1.82, 2.24) is 9.55 Å². The quantitative estimate of drug-likeness (QED) is 0.142. The maximum Gasteiger partial charge on any atom is 0.135 e. The Morgan fingerprint density at radius 3 is 1.91 bits per heavy atom. The molecule has 1 aliphatic rings. The van der Waals surface area contributed by atoms with Gasteiger partial charge in [-0.2, -0.15) is 12.1 Å². The number of ether oxygens (including phenoxy) is 1. The van der Waals surface area contributed by atoms with E-state index in [0.29, 0.717) is 11.5 Å². The van der Waals surface area contributed by atoms with Crippen molar-refractivity contribution in [2.75, 3.05) is 9.80 Å². The number of aromatic nitrogens is 2. The average Bonchev–Trinajstić information content (AvgIpc) is 3.85. The minimum Gasteiger partial charge on any atom is -0.509 e. The van der Waals surface area contributed by atoms with Gasteiger partial charge in [0.2, 0.25) is 0 Å². The van der Waals surface area contributed by atoms with E-state index in [1.54, 1.807) is 0 Å². The molecular weight excluding hydrogens is 976 g/mol. The zero-order valence-corrected chi connectivity index (χ0v) is 40.5. The van der Waals surface area contributed by atoms with Crippen molar-refractivity contribution in [3.8, 4) is 28.4 Å². The molecular formula is C59H53N4OPt-3. The Balaban J connectivity index is 0.00000533. The number of hydrogen-bond acceptors (Lipinski definition) is 4. The minimum absolute atomic E-state index is 0. The molecule has 0 bridgehead atoms. The van der Waals surface area contributed by atoms with Crippen molar-refractivity contribution in [2.45, 2.75) is 71.6 Å². The fraction of sp³-hybridized carbons (Fsp3) is 0.186. The van der Waals surface area contributed by atoms with Crippen LogP contribution in [-0.4, -0.2) is 9.55 Å². The Bertz CT molecular complexity index is 3180. The van der Waals surface area contributed by atoms with Crippen molar-refractivity contribution >= 4 is 44.6 Å². The van der Waals surface area contributed by atoms with E-state index in [-0.39, 0.29) is 37.3 Å². The van der Waals surface area contributed by atoms with Crippen molar-refractivity contribution in [2.24, 2.45) is 0 Å². The van der Waals surface area contributed by atoms with Gasteiger partial charge in [0.05, 0.1) is 0 Å². The third kappa shape index (κ3) is 8.28. The molecule has 10 rings (SSSR count).